The van der Waals surface area contributed by atoms with E-state index >= 15 is 0 Å². The fourth-order valence-electron chi connectivity index (χ4n) is 2.54. The van der Waals surface area contributed by atoms with Crippen molar-refractivity contribution in [1.82, 2.24) is 0 Å². The third kappa shape index (κ3) is 2.30. The highest BCUT2D eigenvalue weighted by molar-refractivity contribution is 7.11. The van der Waals surface area contributed by atoms with Gasteiger partial charge in [-0.15, -0.1) is 22.7 Å². The number of carbonyl (C=O) groups excluding carboxylic acids is 1. The molecule has 0 spiro atoms. The molecule has 1 aliphatic heterocycles. The number of ketones is 1. The number of ether oxygens (including phenoxy) is 1. The van der Waals surface area contributed by atoms with E-state index in [1.54, 1.807) is 22.7 Å². The quantitative estimate of drug-likeness (QED) is 0.605. The molecule has 0 fully saturated rings. The number of thiophene rings is 2. The van der Waals surface area contributed by atoms with Crippen LogP contribution in [0.5, 0.6) is 5.75 Å². The Morgan fingerprint density at radius 3 is 2.55 bits per heavy atom. The van der Waals surface area contributed by atoms with Gasteiger partial charge in [-0.3, -0.25) is 4.79 Å². The lowest BCUT2D eigenvalue weighted by atomic mass is 9.93. The van der Waals surface area contributed by atoms with Gasteiger partial charge in [-0.05, 0) is 41.1 Å². The van der Waals surface area contributed by atoms with Gasteiger partial charge in [-0.1, -0.05) is 24.3 Å². The predicted molar refractivity (Wildman–Crippen MR) is 90.8 cm³/mol. The number of rotatable bonds is 2. The summed E-state index contributed by atoms with van der Waals surface area (Å²) in [5, 5.41) is 4.01. The van der Waals surface area contributed by atoms with Crippen LogP contribution in [0, 0.1) is 0 Å². The van der Waals surface area contributed by atoms with Gasteiger partial charge in [-0.2, -0.15) is 0 Å². The molecule has 2 aromatic heterocycles. The minimum Gasteiger partial charge on any atom is -0.479 e. The standard InChI is InChI=1S/C18H12O2S2/c19-17-13-6-1-2-7-15(13)20-18(16-8-4-10-22-16)14(17)11-12-5-3-9-21-12/h1-11,18H/b14-11+/t18-/m1/s1. The highest BCUT2D eigenvalue weighted by Gasteiger charge is 2.33. The second-order valence-corrected chi connectivity index (χ2v) is 6.91. The summed E-state index contributed by atoms with van der Waals surface area (Å²) in [5.41, 5.74) is 1.33. The number of fused-ring (bicyclic) bond motifs is 1. The zero-order valence-corrected chi connectivity index (χ0v) is 13.2. The summed E-state index contributed by atoms with van der Waals surface area (Å²) in [6, 6.07) is 15.4. The highest BCUT2D eigenvalue weighted by atomic mass is 32.1. The molecule has 2 nitrogen and oxygen atoms in total. The van der Waals surface area contributed by atoms with Crippen LogP contribution in [0.3, 0.4) is 0 Å². The van der Waals surface area contributed by atoms with Gasteiger partial charge in [0, 0.05) is 15.3 Å². The maximum atomic E-state index is 12.9. The van der Waals surface area contributed by atoms with Crippen molar-refractivity contribution in [2.75, 3.05) is 0 Å². The van der Waals surface area contributed by atoms with Crippen LogP contribution in [-0.2, 0) is 0 Å². The fraction of sp³-hybridized carbons (Fsp3) is 0.0556. The summed E-state index contributed by atoms with van der Waals surface area (Å²) >= 11 is 3.23. The molecule has 1 aromatic carbocycles. The lowest BCUT2D eigenvalue weighted by molar-refractivity contribution is 0.0965. The van der Waals surface area contributed by atoms with E-state index in [1.807, 2.05) is 65.4 Å². The SMILES string of the molecule is O=C1/C(=C\c2cccs2)[C@H](c2cccs2)Oc2ccccc21. The van der Waals surface area contributed by atoms with Crippen molar-refractivity contribution in [3.05, 3.63) is 80.2 Å². The maximum absolute atomic E-state index is 12.9. The Balaban J connectivity index is 1.87. The van der Waals surface area contributed by atoms with Crippen LogP contribution in [0.1, 0.15) is 26.2 Å². The smallest absolute Gasteiger partial charge is 0.196 e. The summed E-state index contributed by atoms with van der Waals surface area (Å²) in [6.45, 7) is 0. The van der Waals surface area contributed by atoms with Crippen molar-refractivity contribution in [3.8, 4) is 5.75 Å². The Hall–Kier alpha value is -2.17. The van der Waals surface area contributed by atoms with Crippen molar-refractivity contribution >= 4 is 34.5 Å². The number of Topliss-reactive ketones (excluding diaryl/α,β-unsaturated/α-hetero) is 1. The van der Waals surface area contributed by atoms with E-state index in [0.29, 0.717) is 16.9 Å². The van der Waals surface area contributed by atoms with Crippen molar-refractivity contribution < 1.29 is 9.53 Å². The largest absolute Gasteiger partial charge is 0.479 e. The fourth-order valence-corrected chi connectivity index (χ4v) is 3.98. The van der Waals surface area contributed by atoms with Crippen LogP contribution < -0.4 is 4.74 Å². The van der Waals surface area contributed by atoms with Crippen LogP contribution in [0.15, 0.2) is 64.9 Å². The van der Waals surface area contributed by atoms with Crippen molar-refractivity contribution in [3.63, 3.8) is 0 Å². The number of para-hydroxylation sites is 1. The van der Waals surface area contributed by atoms with Crippen molar-refractivity contribution in [2.24, 2.45) is 0 Å². The van der Waals surface area contributed by atoms with Gasteiger partial charge in [0.15, 0.2) is 11.9 Å². The third-order valence-corrected chi connectivity index (χ3v) is 5.30. The van der Waals surface area contributed by atoms with Crippen LogP contribution in [-0.4, -0.2) is 5.78 Å². The van der Waals surface area contributed by atoms with Crippen LogP contribution in [0.2, 0.25) is 0 Å². The molecule has 22 heavy (non-hydrogen) atoms. The second kappa shape index (κ2) is 5.55. The Morgan fingerprint density at radius 2 is 1.77 bits per heavy atom. The van der Waals surface area contributed by atoms with E-state index in [2.05, 4.69) is 0 Å². The summed E-state index contributed by atoms with van der Waals surface area (Å²) in [7, 11) is 0. The summed E-state index contributed by atoms with van der Waals surface area (Å²) in [4.78, 5) is 15.0. The monoisotopic (exact) mass is 324 g/mol. The Morgan fingerprint density at radius 1 is 0.955 bits per heavy atom. The Labute approximate surface area is 136 Å². The van der Waals surface area contributed by atoms with Crippen LogP contribution in [0.4, 0.5) is 0 Å². The minimum absolute atomic E-state index is 0.0497. The molecular formula is C18H12O2S2. The predicted octanol–water partition coefficient (Wildman–Crippen LogP) is 5.21. The number of carbonyl (C=O) groups is 1. The van der Waals surface area contributed by atoms with Gasteiger partial charge in [0.05, 0.1) is 5.56 Å². The normalized spacial score (nSPS) is 19.0. The van der Waals surface area contributed by atoms with Crippen molar-refractivity contribution in [1.29, 1.82) is 0 Å². The van der Waals surface area contributed by atoms with E-state index < -0.39 is 0 Å². The van der Waals surface area contributed by atoms with Crippen LogP contribution in [0.25, 0.3) is 6.08 Å². The molecule has 1 aliphatic rings. The summed E-state index contributed by atoms with van der Waals surface area (Å²) in [5.74, 6) is 0.711. The number of benzene rings is 1. The van der Waals surface area contributed by atoms with Crippen LogP contribution >= 0.6 is 22.7 Å². The van der Waals surface area contributed by atoms with Gasteiger partial charge in [0.1, 0.15) is 5.75 Å². The highest BCUT2D eigenvalue weighted by Crippen LogP contribution is 2.40. The van der Waals surface area contributed by atoms with E-state index in [-0.39, 0.29) is 11.9 Å². The number of hydrogen-bond acceptors (Lipinski definition) is 4. The molecule has 108 valence electrons. The zero-order valence-electron chi connectivity index (χ0n) is 11.6. The van der Waals surface area contributed by atoms with Gasteiger partial charge >= 0.3 is 0 Å². The molecule has 0 saturated heterocycles. The third-order valence-electron chi connectivity index (χ3n) is 3.56. The van der Waals surface area contributed by atoms with E-state index in [4.69, 9.17) is 4.74 Å². The molecule has 0 unspecified atom stereocenters. The second-order valence-electron chi connectivity index (χ2n) is 4.95. The Kier molecular flexibility index (Phi) is 3.41. The molecule has 3 heterocycles. The number of hydrogen-bond donors (Lipinski definition) is 0. The molecule has 4 heteroatoms. The molecule has 0 bridgehead atoms. The first-order valence-corrected chi connectivity index (χ1v) is 8.68. The molecule has 4 rings (SSSR count). The lowest BCUT2D eigenvalue weighted by Gasteiger charge is -2.27. The maximum Gasteiger partial charge on any atom is 0.196 e. The molecule has 0 saturated carbocycles. The average Bonchev–Trinajstić information content (AvgIpc) is 3.23. The molecule has 0 amide bonds. The molecular weight excluding hydrogens is 312 g/mol. The topological polar surface area (TPSA) is 26.3 Å². The zero-order chi connectivity index (χ0) is 14.9. The average molecular weight is 324 g/mol. The van der Waals surface area contributed by atoms with E-state index in [9.17, 15) is 4.79 Å². The molecule has 3 aromatic rings. The molecule has 0 N–H and O–H groups in total. The van der Waals surface area contributed by atoms with Gasteiger partial charge in [0.2, 0.25) is 0 Å². The minimum atomic E-state index is -0.329. The molecule has 1 atom stereocenters. The first kappa shape index (κ1) is 13.5. The lowest BCUT2D eigenvalue weighted by Crippen LogP contribution is -2.23. The van der Waals surface area contributed by atoms with Gasteiger partial charge in [0.25, 0.3) is 0 Å². The van der Waals surface area contributed by atoms with E-state index in [0.717, 1.165) is 9.75 Å². The summed E-state index contributed by atoms with van der Waals surface area (Å²) < 4.78 is 6.13. The first-order chi connectivity index (χ1) is 10.8. The Bertz CT molecular complexity index is 830. The van der Waals surface area contributed by atoms with Gasteiger partial charge < -0.3 is 4.74 Å². The first-order valence-electron chi connectivity index (χ1n) is 6.92. The van der Waals surface area contributed by atoms with Gasteiger partial charge in [-0.25, -0.2) is 0 Å². The molecule has 0 radical (unpaired) electrons. The summed E-state index contributed by atoms with van der Waals surface area (Å²) in [6.07, 6.45) is 1.62. The molecule has 0 aliphatic carbocycles. The van der Waals surface area contributed by atoms with E-state index in [1.165, 1.54) is 0 Å². The van der Waals surface area contributed by atoms with Crippen molar-refractivity contribution in [2.45, 2.75) is 6.10 Å².